The van der Waals surface area contributed by atoms with Crippen LogP contribution in [0.5, 0.6) is 0 Å². The van der Waals surface area contributed by atoms with Crippen molar-refractivity contribution in [2.24, 2.45) is 0 Å². The third-order valence-electron chi connectivity index (χ3n) is 5.67. The highest BCUT2D eigenvalue weighted by molar-refractivity contribution is 5.96. The van der Waals surface area contributed by atoms with Crippen LogP contribution < -0.4 is 4.90 Å². The van der Waals surface area contributed by atoms with Crippen molar-refractivity contribution in [1.82, 2.24) is 9.88 Å². The molecule has 0 aliphatic carbocycles. The van der Waals surface area contributed by atoms with E-state index in [9.17, 15) is 9.59 Å². The summed E-state index contributed by atoms with van der Waals surface area (Å²) in [7, 11) is 0. The highest BCUT2D eigenvalue weighted by Crippen LogP contribution is 2.39. The Balaban J connectivity index is 1.64. The van der Waals surface area contributed by atoms with E-state index in [1.54, 1.807) is 11.1 Å². The first-order chi connectivity index (χ1) is 16.8. The Kier molecular flexibility index (Phi) is 7.34. The number of aromatic nitrogens is 1. The molecule has 2 amide bonds. The van der Waals surface area contributed by atoms with E-state index in [2.05, 4.69) is 4.98 Å². The maximum Gasteiger partial charge on any atom is 0.420 e. The van der Waals surface area contributed by atoms with Gasteiger partial charge >= 0.3 is 12.2 Å². The summed E-state index contributed by atoms with van der Waals surface area (Å²) in [6.45, 7) is 6.26. The van der Waals surface area contributed by atoms with Crippen LogP contribution in [-0.4, -0.2) is 34.2 Å². The monoisotopic (exact) mass is 473 g/mol. The molecule has 2 heterocycles. The number of benzene rings is 2. The zero-order valence-electron chi connectivity index (χ0n) is 20.4. The molecule has 1 fully saturated rings. The Bertz CT molecular complexity index is 1150. The van der Waals surface area contributed by atoms with Crippen molar-refractivity contribution >= 4 is 23.7 Å². The van der Waals surface area contributed by atoms with Gasteiger partial charge in [-0.1, -0.05) is 54.6 Å². The van der Waals surface area contributed by atoms with Crippen LogP contribution in [0.3, 0.4) is 0 Å². The average Bonchev–Trinajstić information content (AvgIpc) is 3.33. The molecule has 1 unspecified atom stereocenters. The highest BCUT2D eigenvalue weighted by Gasteiger charge is 2.36. The van der Waals surface area contributed by atoms with Crippen LogP contribution in [0.2, 0.25) is 0 Å². The fraction of sp³-hybridized carbons (Fsp3) is 0.321. The standard InChI is InChI=1S/C28H31N3O4/c1-28(2,3)35-27(33)31(22-14-8-5-9-15-22)25-23(16-10-18-29-25)24-17-11-19-30(24)26(32)34-20-21-12-6-4-7-13-21/h4-10,12-16,18,24H,11,17,19-20H2,1-3H3. The van der Waals surface area contributed by atoms with Gasteiger partial charge in [0.15, 0.2) is 0 Å². The molecule has 1 atom stereocenters. The fourth-order valence-electron chi connectivity index (χ4n) is 4.17. The molecule has 3 aromatic rings. The number of pyridine rings is 1. The molecule has 0 spiro atoms. The molecule has 35 heavy (non-hydrogen) atoms. The fourth-order valence-corrected chi connectivity index (χ4v) is 4.17. The Hall–Kier alpha value is -3.87. The summed E-state index contributed by atoms with van der Waals surface area (Å²) in [5, 5.41) is 0. The van der Waals surface area contributed by atoms with Crippen LogP contribution in [0.15, 0.2) is 79.0 Å². The van der Waals surface area contributed by atoms with Gasteiger partial charge in [0.1, 0.15) is 18.0 Å². The van der Waals surface area contributed by atoms with Gasteiger partial charge in [-0.2, -0.15) is 0 Å². The quantitative estimate of drug-likeness (QED) is 0.416. The van der Waals surface area contributed by atoms with Gasteiger partial charge < -0.3 is 14.4 Å². The second kappa shape index (κ2) is 10.6. The molecular formula is C28H31N3O4. The molecule has 1 aromatic heterocycles. The molecule has 1 aliphatic heterocycles. The average molecular weight is 474 g/mol. The minimum Gasteiger partial charge on any atom is -0.445 e. The van der Waals surface area contributed by atoms with E-state index in [0.29, 0.717) is 18.1 Å². The molecule has 0 bridgehead atoms. The summed E-state index contributed by atoms with van der Waals surface area (Å²) in [6.07, 6.45) is 2.31. The number of amides is 2. The molecule has 7 heteroatoms. The Labute approximate surface area is 206 Å². The van der Waals surface area contributed by atoms with Crippen molar-refractivity contribution in [2.45, 2.75) is 51.9 Å². The van der Waals surface area contributed by atoms with Crippen LogP contribution in [0.4, 0.5) is 21.1 Å². The maximum atomic E-state index is 13.4. The number of likely N-dealkylation sites (tertiary alicyclic amines) is 1. The molecule has 182 valence electrons. The summed E-state index contributed by atoms with van der Waals surface area (Å²) < 4.78 is 11.4. The van der Waals surface area contributed by atoms with E-state index in [1.165, 1.54) is 4.90 Å². The summed E-state index contributed by atoms with van der Waals surface area (Å²) in [6, 6.07) is 22.3. The third kappa shape index (κ3) is 5.98. The molecule has 1 saturated heterocycles. The van der Waals surface area contributed by atoms with E-state index in [0.717, 1.165) is 24.0 Å². The van der Waals surface area contributed by atoms with Crippen LogP contribution in [0.1, 0.15) is 50.8 Å². The Morgan fingerprint density at radius 2 is 1.69 bits per heavy atom. The lowest BCUT2D eigenvalue weighted by Gasteiger charge is -2.31. The number of hydrogen-bond donors (Lipinski definition) is 0. The summed E-state index contributed by atoms with van der Waals surface area (Å²) in [4.78, 5) is 34.2. The second-order valence-corrected chi connectivity index (χ2v) is 9.46. The van der Waals surface area contributed by atoms with E-state index in [1.807, 2.05) is 93.6 Å². The van der Waals surface area contributed by atoms with Crippen LogP contribution in [-0.2, 0) is 16.1 Å². The lowest BCUT2D eigenvalue weighted by Crippen LogP contribution is -2.36. The van der Waals surface area contributed by atoms with Crippen molar-refractivity contribution in [2.75, 3.05) is 11.4 Å². The van der Waals surface area contributed by atoms with Crippen molar-refractivity contribution in [3.05, 3.63) is 90.1 Å². The van der Waals surface area contributed by atoms with Crippen molar-refractivity contribution < 1.29 is 19.1 Å². The number of hydrogen-bond acceptors (Lipinski definition) is 5. The summed E-state index contributed by atoms with van der Waals surface area (Å²) in [5.41, 5.74) is 1.66. The normalized spacial score (nSPS) is 15.5. The van der Waals surface area contributed by atoms with E-state index in [4.69, 9.17) is 9.47 Å². The van der Waals surface area contributed by atoms with E-state index < -0.39 is 11.7 Å². The molecule has 0 N–H and O–H groups in total. The zero-order valence-corrected chi connectivity index (χ0v) is 20.4. The van der Waals surface area contributed by atoms with Gasteiger partial charge in [0.25, 0.3) is 0 Å². The minimum atomic E-state index is -0.681. The zero-order chi connectivity index (χ0) is 24.8. The van der Waals surface area contributed by atoms with E-state index >= 15 is 0 Å². The Morgan fingerprint density at radius 1 is 1.00 bits per heavy atom. The molecule has 4 rings (SSSR count). The maximum absolute atomic E-state index is 13.4. The van der Waals surface area contributed by atoms with Gasteiger partial charge in [-0.25, -0.2) is 19.5 Å². The highest BCUT2D eigenvalue weighted by atomic mass is 16.6. The Morgan fingerprint density at radius 3 is 2.37 bits per heavy atom. The predicted molar refractivity (Wildman–Crippen MR) is 134 cm³/mol. The number of carbonyl (C=O) groups excluding carboxylic acids is 2. The number of anilines is 2. The van der Waals surface area contributed by atoms with Gasteiger partial charge in [0.2, 0.25) is 0 Å². The topological polar surface area (TPSA) is 72.0 Å². The SMILES string of the molecule is CC(C)(C)OC(=O)N(c1ccccc1)c1ncccc1C1CCCN1C(=O)OCc1ccccc1. The second-order valence-electron chi connectivity index (χ2n) is 9.46. The van der Waals surface area contributed by atoms with Crippen molar-refractivity contribution in [3.8, 4) is 0 Å². The van der Waals surface area contributed by atoms with Gasteiger partial charge in [-0.3, -0.25) is 0 Å². The lowest BCUT2D eigenvalue weighted by atomic mass is 10.0. The number of para-hydroxylation sites is 1. The van der Waals surface area contributed by atoms with Gasteiger partial charge in [0.05, 0.1) is 11.7 Å². The predicted octanol–water partition coefficient (Wildman–Crippen LogP) is 6.63. The first-order valence-electron chi connectivity index (χ1n) is 11.8. The first kappa shape index (κ1) is 24.3. The van der Waals surface area contributed by atoms with Gasteiger partial charge in [-0.15, -0.1) is 0 Å². The smallest absolute Gasteiger partial charge is 0.420 e. The minimum absolute atomic E-state index is 0.205. The van der Waals surface area contributed by atoms with Crippen LogP contribution >= 0.6 is 0 Å². The van der Waals surface area contributed by atoms with Gasteiger partial charge in [-0.05, 0) is 57.4 Å². The first-order valence-corrected chi connectivity index (χ1v) is 11.8. The molecule has 1 aliphatic rings. The largest absolute Gasteiger partial charge is 0.445 e. The van der Waals surface area contributed by atoms with Crippen molar-refractivity contribution in [1.29, 1.82) is 0 Å². The molecule has 7 nitrogen and oxygen atoms in total. The van der Waals surface area contributed by atoms with Crippen molar-refractivity contribution in [3.63, 3.8) is 0 Å². The lowest BCUT2D eigenvalue weighted by molar-refractivity contribution is 0.0597. The molecule has 2 aromatic carbocycles. The summed E-state index contributed by atoms with van der Waals surface area (Å²) >= 11 is 0. The van der Waals surface area contributed by atoms with Crippen LogP contribution in [0.25, 0.3) is 0 Å². The number of carbonyl (C=O) groups is 2. The molecule has 0 radical (unpaired) electrons. The summed E-state index contributed by atoms with van der Waals surface area (Å²) in [5.74, 6) is 0.445. The molecule has 0 saturated carbocycles. The number of rotatable bonds is 5. The molecular weight excluding hydrogens is 442 g/mol. The number of nitrogens with zero attached hydrogens (tertiary/aromatic N) is 3. The number of ether oxygens (including phenoxy) is 2. The van der Waals surface area contributed by atoms with Crippen LogP contribution in [0, 0.1) is 0 Å². The van der Waals surface area contributed by atoms with E-state index in [-0.39, 0.29) is 18.7 Å². The third-order valence-corrected chi connectivity index (χ3v) is 5.67. The van der Waals surface area contributed by atoms with Gasteiger partial charge in [0, 0.05) is 18.3 Å².